The minimum absolute atomic E-state index is 0.0405. The van der Waals surface area contributed by atoms with Crippen LogP contribution in [0.15, 0.2) is 23.3 Å². The maximum Gasteiger partial charge on any atom is 0.246 e. The number of nitrogens with zero attached hydrogens (tertiary/aromatic N) is 2. The Morgan fingerprint density at radius 3 is 2.90 bits per heavy atom. The average Bonchev–Trinajstić information content (AvgIpc) is 3.07. The summed E-state index contributed by atoms with van der Waals surface area (Å²) in [4.78, 5) is 23.6. The Kier molecular flexibility index (Phi) is 2.64. The molecule has 5 nitrogen and oxygen atoms in total. The zero-order valence-corrected chi connectivity index (χ0v) is 11.9. The fraction of sp³-hybridized carbons (Fsp3) is 0.438. The second-order valence-corrected chi connectivity index (χ2v) is 6.09. The van der Waals surface area contributed by atoms with Crippen LogP contribution in [0.25, 0.3) is 0 Å². The zero-order chi connectivity index (χ0) is 14.6. The van der Waals surface area contributed by atoms with E-state index < -0.39 is 0 Å². The van der Waals surface area contributed by atoms with Gasteiger partial charge < -0.3 is 5.32 Å². The van der Waals surface area contributed by atoms with Gasteiger partial charge in [-0.3, -0.25) is 9.59 Å². The Hall–Kier alpha value is -2.17. The summed E-state index contributed by atoms with van der Waals surface area (Å²) >= 11 is 0. The predicted octanol–water partition coefficient (Wildman–Crippen LogP) is 1.77. The lowest BCUT2D eigenvalue weighted by atomic mass is 9.85. The molecule has 1 saturated carbocycles. The number of hydrogen-bond acceptors (Lipinski definition) is 3. The molecular formula is C16H17N3O2. The number of nitrogens with one attached hydrogen (secondary N) is 1. The van der Waals surface area contributed by atoms with Crippen molar-refractivity contribution in [2.75, 3.05) is 12.4 Å². The molecular weight excluding hydrogens is 266 g/mol. The van der Waals surface area contributed by atoms with Crippen LogP contribution in [0.3, 0.4) is 0 Å². The number of fused-ring (bicyclic) bond motifs is 2. The van der Waals surface area contributed by atoms with E-state index in [0.717, 1.165) is 41.8 Å². The Morgan fingerprint density at radius 1 is 1.24 bits per heavy atom. The highest BCUT2D eigenvalue weighted by atomic mass is 16.2. The highest BCUT2D eigenvalue weighted by molar-refractivity contribution is 6.08. The molecule has 1 aromatic carbocycles. The van der Waals surface area contributed by atoms with E-state index in [1.165, 1.54) is 5.01 Å². The summed E-state index contributed by atoms with van der Waals surface area (Å²) in [5.74, 6) is 0.491. The number of amides is 2. The summed E-state index contributed by atoms with van der Waals surface area (Å²) in [6, 6.07) is 5.99. The molecule has 2 heterocycles. The van der Waals surface area contributed by atoms with Gasteiger partial charge in [-0.25, -0.2) is 5.01 Å². The summed E-state index contributed by atoms with van der Waals surface area (Å²) in [7, 11) is 1.73. The van der Waals surface area contributed by atoms with Crippen LogP contribution in [0.4, 0.5) is 5.69 Å². The quantitative estimate of drug-likeness (QED) is 0.854. The third-order valence-electron chi connectivity index (χ3n) is 4.79. The van der Waals surface area contributed by atoms with Gasteiger partial charge in [-0.15, -0.1) is 0 Å². The van der Waals surface area contributed by atoms with Crippen molar-refractivity contribution in [1.29, 1.82) is 0 Å². The molecule has 0 spiro atoms. The van der Waals surface area contributed by atoms with E-state index in [4.69, 9.17) is 0 Å². The minimum atomic E-state index is 0.0405. The molecule has 2 unspecified atom stereocenters. The number of hydrazone groups is 1. The number of rotatable bonds is 1. The molecule has 2 atom stereocenters. The van der Waals surface area contributed by atoms with E-state index in [0.29, 0.717) is 6.42 Å². The number of carbonyl (C=O) groups excluding carboxylic acids is 2. The molecule has 2 amide bonds. The summed E-state index contributed by atoms with van der Waals surface area (Å²) in [5, 5.41) is 8.85. The van der Waals surface area contributed by atoms with Crippen molar-refractivity contribution in [1.82, 2.24) is 5.01 Å². The first-order chi connectivity index (χ1) is 10.1. The van der Waals surface area contributed by atoms with Crippen molar-refractivity contribution in [3.63, 3.8) is 0 Å². The fourth-order valence-electron chi connectivity index (χ4n) is 3.77. The fourth-order valence-corrected chi connectivity index (χ4v) is 3.77. The van der Waals surface area contributed by atoms with Crippen LogP contribution in [0.2, 0.25) is 0 Å². The number of benzene rings is 1. The Bertz CT molecular complexity index is 680. The normalized spacial score (nSPS) is 27.3. The maximum atomic E-state index is 12.2. The summed E-state index contributed by atoms with van der Waals surface area (Å²) in [6.45, 7) is 0. The van der Waals surface area contributed by atoms with Gasteiger partial charge in [0.15, 0.2) is 0 Å². The van der Waals surface area contributed by atoms with Crippen LogP contribution in [0, 0.1) is 11.8 Å². The van der Waals surface area contributed by atoms with Gasteiger partial charge in [0.1, 0.15) is 0 Å². The van der Waals surface area contributed by atoms with Gasteiger partial charge >= 0.3 is 0 Å². The molecule has 5 heteroatoms. The van der Waals surface area contributed by atoms with E-state index in [1.807, 2.05) is 18.2 Å². The molecule has 0 saturated heterocycles. The lowest BCUT2D eigenvalue weighted by molar-refractivity contribution is -0.135. The van der Waals surface area contributed by atoms with Gasteiger partial charge in [-0.1, -0.05) is 12.5 Å². The van der Waals surface area contributed by atoms with Gasteiger partial charge in [0.05, 0.1) is 12.1 Å². The van der Waals surface area contributed by atoms with E-state index in [-0.39, 0.29) is 23.7 Å². The molecule has 1 N–H and O–H groups in total. The van der Waals surface area contributed by atoms with Crippen molar-refractivity contribution in [2.24, 2.45) is 16.9 Å². The van der Waals surface area contributed by atoms with E-state index in [9.17, 15) is 9.59 Å². The number of hydrogen-bond donors (Lipinski definition) is 1. The Balaban J connectivity index is 1.76. The second kappa shape index (κ2) is 4.41. The van der Waals surface area contributed by atoms with E-state index in [2.05, 4.69) is 10.4 Å². The number of anilines is 1. The third-order valence-corrected chi connectivity index (χ3v) is 4.79. The molecule has 1 fully saturated rings. The van der Waals surface area contributed by atoms with Crippen molar-refractivity contribution in [2.45, 2.75) is 25.7 Å². The van der Waals surface area contributed by atoms with Crippen LogP contribution in [0.5, 0.6) is 0 Å². The predicted molar refractivity (Wildman–Crippen MR) is 78.9 cm³/mol. The third kappa shape index (κ3) is 1.87. The molecule has 2 aliphatic heterocycles. The van der Waals surface area contributed by atoms with Crippen LogP contribution in [-0.4, -0.2) is 29.6 Å². The van der Waals surface area contributed by atoms with Crippen LogP contribution < -0.4 is 5.32 Å². The van der Waals surface area contributed by atoms with Crippen molar-refractivity contribution < 1.29 is 9.59 Å². The van der Waals surface area contributed by atoms with Gasteiger partial charge in [-0.05, 0) is 36.1 Å². The molecule has 4 rings (SSSR count). The van der Waals surface area contributed by atoms with E-state index in [1.54, 1.807) is 7.05 Å². The lowest BCUT2D eigenvalue weighted by Gasteiger charge is -2.30. The van der Waals surface area contributed by atoms with Crippen LogP contribution in [0.1, 0.15) is 30.4 Å². The first kappa shape index (κ1) is 12.6. The van der Waals surface area contributed by atoms with Gasteiger partial charge in [0.2, 0.25) is 11.8 Å². The first-order valence-electron chi connectivity index (χ1n) is 7.42. The first-order valence-corrected chi connectivity index (χ1v) is 7.42. The highest BCUT2D eigenvalue weighted by Gasteiger charge is 2.41. The summed E-state index contributed by atoms with van der Waals surface area (Å²) in [5.41, 5.74) is 3.96. The van der Waals surface area contributed by atoms with Crippen molar-refractivity contribution >= 4 is 23.2 Å². The topological polar surface area (TPSA) is 61.8 Å². The molecule has 0 aromatic heterocycles. The molecule has 0 radical (unpaired) electrons. The molecule has 0 bridgehead atoms. The molecule has 1 aromatic rings. The SMILES string of the molecule is CN1N=C(c2ccc3c(c2)CC(=O)N3)C2CCCC2C1=O. The van der Waals surface area contributed by atoms with Crippen LogP contribution in [-0.2, 0) is 16.0 Å². The maximum absolute atomic E-state index is 12.2. The lowest BCUT2D eigenvalue weighted by Crippen LogP contribution is -2.40. The zero-order valence-electron chi connectivity index (χ0n) is 11.9. The Labute approximate surface area is 123 Å². The monoisotopic (exact) mass is 283 g/mol. The largest absolute Gasteiger partial charge is 0.326 e. The van der Waals surface area contributed by atoms with Crippen molar-refractivity contribution in [3.05, 3.63) is 29.3 Å². The standard InChI is InChI=1S/C16H17N3O2/c1-19-16(21)12-4-2-3-11(12)15(18-19)9-5-6-13-10(7-9)8-14(20)17-13/h5-7,11-12H,2-4,8H2,1H3,(H,17,20). The van der Waals surface area contributed by atoms with Gasteiger partial charge in [0, 0.05) is 24.6 Å². The van der Waals surface area contributed by atoms with Crippen molar-refractivity contribution in [3.8, 4) is 0 Å². The molecule has 1 aliphatic carbocycles. The smallest absolute Gasteiger partial charge is 0.246 e. The average molecular weight is 283 g/mol. The number of carbonyl (C=O) groups is 2. The molecule has 3 aliphatic rings. The summed E-state index contributed by atoms with van der Waals surface area (Å²) in [6.07, 6.45) is 3.49. The van der Waals surface area contributed by atoms with Gasteiger partial charge in [-0.2, -0.15) is 5.10 Å². The Morgan fingerprint density at radius 2 is 2.05 bits per heavy atom. The highest BCUT2D eigenvalue weighted by Crippen LogP contribution is 2.39. The molecule has 21 heavy (non-hydrogen) atoms. The molecule has 108 valence electrons. The summed E-state index contributed by atoms with van der Waals surface area (Å²) < 4.78 is 0. The van der Waals surface area contributed by atoms with E-state index >= 15 is 0 Å². The van der Waals surface area contributed by atoms with Gasteiger partial charge in [0.25, 0.3) is 0 Å². The van der Waals surface area contributed by atoms with Crippen LogP contribution >= 0.6 is 0 Å². The minimum Gasteiger partial charge on any atom is -0.326 e. The second-order valence-electron chi connectivity index (χ2n) is 6.09.